The normalized spacial score (nSPS) is 11.4. The Morgan fingerprint density at radius 3 is 2.22 bits per heavy atom. The highest BCUT2D eigenvalue weighted by molar-refractivity contribution is 6.32. The number of nitrogens with zero attached hydrogens (tertiary/aromatic N) is 1. The molecule has 0 aliphatic carbocycles. The van der Waals surface area contributed by atoms with Crippen molar-refractivity contribution in [2.24, 2.45) is 0 Å². The number of hydrogen-bond donors (Lipinski definition) is 2. The van der Waals surface area contributed by atoms with E-state index in [9.17, 15) is 9.59 Å². The maximum absolute atomic E-state index is 13.4. The van der Waals surface area contributed by atoms with Crippen molar-refractivity contribution in [2.75, 3.05) is 19.8 Å². The Morgan fingerprint density at radius 1 is 0.938 bits per heavy atom. The van der Waals surface area contributed by atoms with Crippen LogP contribution in [0.25, 0.3) is 0 Å². The number of para-hydroxylation sites is 1. The number of halogens is 1. The van der Waals surface area contributed by atoms with E-state index in [-0.39, 0.29) is 38.1 Å². The van der Waals surface area contributed by atoms with Gasteiger partial charge >= 0.3 is 0 Å². The summed E-state index contributed by atoms with van der Waals surface area (Å²) >= 11 is 6.15. The Bertz CT molecular complexity index is 1010. The van der Waals surface area contributed by atoms with Gasteiger partial charge in [0.25, 0.3) is 5.91 Å². The van der Waals surface area contributed by atoms with E-state index in [1.807, 2.05) is 48.5 Å². The first-order valence-electron chi connectivity index (χ1n) is 10.2. The fourth-order valence-corrected chi connectivity index (χ4v) is 3.46. The monoisotopic (exact) mass is 452 g/mol. The summed E-state index contributed by atoms with van der Waals surface area (Å²) in [5.41, 5.74) is 1.53. The number of amides is 2. The molecule has 0 unspecified atom stereocenters. The molecule has 0 saturated heterocycles. The number of benzene rings is 3. The highest BCUT2D eigenvalue weighted by Crippen LogP contribution is 2.26. The number of aliphatic hydroxyl groups is 1. The predicted molar refractivity (Wildman–Crippen MR) is 123 cm³/mol. The predicted octanol–water partition coefficient (Wildman–Crippen LogP) is 3.60. The number of aliphatic hydroxyl groups excluding tert-OH is 1. The number of carbonyl (C=O) groups is 2. The van der Waals surface area contributed by atoms with Gasteiger partial charge in [-0.15, -0.1) is 0 Å². The lowest BCUT2D eigenvalue weighted by Crippen LogP contribution is -2.45. The first-order chi connectivity index (χ1) is 15.6. The average Bonchev–Trinajstić information content (AvgIpc) is 2.83. The zero-order valence-corrected chi connectivity index (χ0v) is 18.2. The highest BCUT2D eigenvalue weighted by atomic mass is 35.5. The van der Waals surface area contributed by atoms with E-state index >= 15 is 0 Å². The van der Waals surface area contributed by atoms with Crippen molar-refractivity contribution < 1.29 is 19.4 Å². The van der Waals surface area contributed by atoms with Crippen LogP contribution in [0.5, 0.6) is 5.75 Å². The van der Waals surface area contributed by atoms with Crippen LogP contribution in [0.3, 0.4) is 0 Å². The van der Waals surface area contributed by atoms with Crippen molar-refractivity contribution >= 4 is 23.4 Å². The van der Waals surface area contributed by atoms with Crippen molar-refractivity contribution in [2.45, 2.75) is 12.6 Å². The Hall–Kier alpha value is -3.35. The van der Waals surface area contributed by atoms with Gasteiger partial charge in [0.2, 0.25) is 5.91 Å². The van der Waals surface area contributed by atoms with Gasteiger partial charge in [0.05, 0.1) is 11.6 Å². The Morgan fingerprint density at radius 2 is 1.56 bits per heavy atom. The van der Waals surface area contributed by atoms with Gasteiger partial charge in [-0.25, -0.2) is 0 Å². The first-order valence-corrected chi connectivity index (χ1v) is 10.6. The van der Waals surface area contributed by atoms with E-state index in [1.165, 1.54) is 4.90 Å². The summed E-state index contributed by atoms with van der Waals surface area (Å²) in [5, 5.41) is 12.2. The van der Waals surface area contributed by atoms with Crippen LogP contribution in [-0.4, -0.2) is 41.6 Å². The van der Waals surface area contributed by atoms with E-state index in [0.29, 0.717) is 16.3 Å². The third-order valence-electron chi connectivity index (χ3n) is 4.79. The number of rotatable bonds is 10. The summed E-state index contributed by atoms with van der Waals surface area (Å²) in [6.07, 6.45) is 0. The smallest absolute Gasteiger partial charge is 0.261 e. The van der Waals surface area contributed by atoms with Crippen LogP contribution in [0.4, 0.5) is 0 Å². The molecule has 0 aliphatic heterocycles. The van der Waals surface area contributed by atoms with E-state index in [1.54, 1.807) is 36.4 Å². The number of carbonyl (C=O) groups excluding carboxylic acids is 2. The Balaban J connectivity index is 1.91. The first kappa shape index (κ1) is 23.3. The summed E-state index contributed by atoms with van der Waals surface area (Å²) < 4.78 is 5.67. The van der Waals surface area contributed by atoms with Crippen molar-refractivity contribution in [3.8, 4) is 5.75 Å². The molecule has 32 heavy (non-hydrogen) atoms. The van der Waals surface area contributed by atoms with Crippen LogP contribution in [-0.2, 0) is 16.1 Å². The van der Waals surface area contributed by atoms with Gasteiger partial charge in [0.15, 0.2) is 6.61 Å². The molecule has 3 rings (SSSR count). The van der Waals surface area contributed by atoms with Gasteiger partial charge in [0, 0.05) is 13.1 Å². The maximum atomic E-state index is 13.4. The lowest BCUT2D eigenvalue weighted by molar-refractivity contribution is -0.143. The number of ether oxygens (including phenoxy) is 1. The third kappa shape index (κ3) is 6.33. The molecule has 0 radical (unpaired) electrons. The molecule has 0 heterocycles. The van der Waals surface area contributed by atoms with Crippen molar-refractivity contribution in [1.29, 1.82) is 0 Å². The minimum Gasteiger partial charge on any atom is -0.482 e. The lowest BCUT2D eigenvalue weighted by Gasteiger charge is -2.31. The molecule has 0 spiro atoms. The van der Waals surface area contributed by atoms with E-state index in [4.69, 9.17) is 21.4 Å². The molecule has 0 fully saturated rings. The largest absolute Gasteiger partial charge is 0.482 e. The van der Waals surface area contributed by atoms with Gasteiger partial charge in [0.1, 0.15) is 11.8 Å². The van der Waals surface area contributed by atoms with E-state index in [0.717, 1.165) is 5.56 Å². The van der Waals surface area contributed by atoms with Gasteiger partial charge in [-0.3, -0.25) is 9.59 Å². The second-order valence-corrected chi connectivity index (χ2v) is 7.46. The topological polar surface area (TPSA) is 78.9 Å². The van der Waals surface area contributed by atoms with E-state index < -0.39 is 6.04 Å². The molecule has 3 aromatic carbocycles. The minimum absolute atomic E-state index is 0.0889. The summed E-state index contributed by atoms with van der Waals surface area (Å²) in [7, 11) is 0. The van der Waals surface area contributed by atoms with Crippen LogP contribution in [0.1, 0.15) is 17.2 Å². The van der Waals surface area contributed by atoms with Crippen LogP contribution in [0, 0.1) is 0 Å². The summed E-state index contributed by atoms with van der Waals surface area (Å²) in [6.45, 7) is -0.188. The molecule has 0 aromatic heterocycles. The molecule has 2 amide bonds. The SMILES string of the molecule is O=C(NCCO)[C@H](c1ccccc1)N(Cc1ccccc1)C(=O)COc1ccccc1Cl. The van der Waals surface area contributed by atoms with Crippen LogP contribution >= 0.6 is 11.6 Å². The van der Waals surface area contributed by atoms with Gasteiger partial charge in [-0.05, 0) is 23.3 Å². The van der Waals surface area contributed by atoms with Crippen LogP contribution < -0.4 is 10.1 Å². The lowest BCUT2D eigenvalue weighted by atomic mass is 10.0. The number of hydrogen-bond acceptors (Lipinski definition) is 4. The zero-order chi connectivity index (χ0) is 22.8. The third-order valence-corrected chi connectivity index (χ3v) is 5.10. The molecule has 3 aromatic rings. The van der Waals surface area contributed by atoms with Crippen molar-refractivity contribution in [1.82, 2.24) is 10.2 Å². The van der Waals surface area contributed by atoms with Gasteiger partial charge in [-0.2, -0.15) is 0 Å². The second-order valence-electron chi connectivity index (χ2n) is 7.05. The maximum Gasteiger partial charge on any atom is 0.261 e. The molecule has 7 heteroatoms. The quantitative estimate of drug-likeness (QED) is 0.492. The van der Waals surface area contributed by atoms with Gasteiger partial charge in [-0.1, -0.05) is 84.4 Å². The molecule has 6 nitrogen and oxygen atoms in total. The van der Waals surface area contributed by atoms with Crippen molar-refractivity contribution in [3.63, 3.8) is 0 Å². The average molecular weight is 453 g/mol. The molecule has 0 saturated carbocycles. The van der Waals surface area contributed by atoms with Crippen LogP contribution in [0.15, 0.2) is 84.9 Å². The fraction of sp³-hybridized carbons (Fsp3) is 0.200. The van der Waals surface area contributed by atoms with Crippen molar-refractivity contribution in [3.05, 3.63) is 101 Å². The molecule has 1 atom stereocenters. The van der Waals surface area contributed by atoms with E-state index in [2.05, 4.69) is 5.32 Å². The molecule has 0 bridgehead atoms. The second kappa shape index (κ2) is 11.9. The molecule has 2 N–H and O–H groups in total. The standard InChI is InChI=1S/C25H25ClN2O4/c26-21-13-7-8-14-22(21)32-18-23(30)28(17-19-9-3-1-4-10-19)24(25(31)27-15-16-29)20-11-5-2-6-12-20/h1-14,24,29H,15-18H2,(H,27,31)/t24-/m0/s1. The zero-order valence-electron chi connectivity index (χ0n) is 17.5. The summed E-state index contributed by atoms with van der Waals surface area (Å²) in [6, 6.07) is 24.5. The summed E-state index contributed by atoms with van der Waals surface area (Å²) in [5.74, 6) is -0.364. The summed E-state index contributed by atoms with van der Waals surface area (Å²) in [4.78, 5) is 27.9. The highest BCUT2D eigenvalue weighted by Gasteiger charge is 2.31. The van der Waals surface area contributed by atoms with Gasteiger partial charge < -0.3 is 20.1 Å². The minimum atomic E-state index is -0.898. The fourth-order valence-electron chi connectivity index (χ4n) is 3.27. The molecule has 166 valence electrons. The molecule has 0 aliphatic rings. The Kier molecular flexibility index (Phi) is 8.66. The Labute approximate surface area is 192 Å². The molecular weight excluding hydrogens is 428 g/mol. The molecular formula is C25H25ClN2O4. The number of nitrogens with one attached hydrogen (secondary N) is 1. The van der Waals surface area contributed by atoms with Crippen LogP contribution in [0.2, 0.25) is 5.02 Å².